The molecule has 0 saturated carbocycles. The van der Waals surface area contributed by atoms with Crippen molar-refractivity contribution in [2.75, 3.05) is 31.6 Å². The first-order valence-electron chi connectivity index (χ1n) is 11.3. The van der Waals surface area contributed by atoms with Crippen LogP contribution in [0, 0.1) is 18.3 Å². The molecule has 1 fully saturated rings. The maximum absolute atomic E-state index is 13.2. The minimum absolute atomic E-state index is 0.0879. The van der Waals surface area contributed by atoms with Gasteiger partial charge in [-0.05, 0) is 55.8 Å². The SMILES string of the molecule is Cc1nc(-c2ccc(C#N)cc2)ccc1C(=O)N(C)c1ccc(CN2CCN[C@@H](C)C2)cc1. The maximum atomic E-state index is 13.2. The molecule has 1 aromatic heterocycles. The van der Waals surface area contributed by atoms with Crippen LogP contribution in [0.15, 0.2) is 60.7 Å². The maximum Gasteiger partial charge on any atom is 0.259 e. The highest BCUT2D eigenvalue weighted by Crippen LogP contribution is 2.22. The topological polar surface area (TPSA) is 72.3 Å². The molecule has 1 saturated heterocycles. The summed E-state index contributed by atoms with van der Waals surface area (Å²) in [6.45, 7) is 8.10. The molecule has 1 aliphatic rings. The van der Waals surface area contributed by atoms with Crippen LogP contribution in [0.2, 0.25) is 0 Å². The molecule has 1 amide bonds. The van der Waals surface area contributed by atoms with Crippen LogP contribution < -0.4 is 10.2 Å². The number of piperazine rings is 1. The van der Waals surface area contributed by atoms with Crippen LogP contribution in [0.25, 0.3) is 11.3 Å². The van der Waals surface area contributed by atoms with E-state index in [0.717, 1.165) is 43.1 Å². The van der Waals surface area contributed by atoms with Crippen molar-refractivity contribution in [3.8, 4) is 17.3 Å². The van der Waals surface area contributed by atoms with E-state index >= 15 is 0 Å². The number of nitrogens with zero attached hydrogens (tertiary/aromatic N) is 4. The molecule has 6 heteroatoms. The predicted octanol–water partition coefficient (Wildman–Crippen LogP) is 4.00. The Kier molecular flexibility index (Phi) is 6.83. The number of hydrogen-bond donors (Lipinski definition) is 1. The summed E-state index contributed by atoms with van der Waals surface area (Å²) in [7, 11) is 1.79. The molecule has 168 valence electrons. The van der Waals surface area contributed by atoms with Gasteiger partial charge in [-0.1, -0.05) is 24.3 Å². The molecular formula is C27H29N5O. The van der Waals surface area contributed by atoms with E-state index in [-0.39, 0.29) is 5.91 Å². The fraction of sp³-hybridized carbons (Fsp3) is 0.296. The van der Waals surface area contributed by atoms with Crippen molar-refractivity contribution in [3.63, 3.8) is 0 Å². The fourth-order valence-corrected chi connectivity index (χ4v) is 4.20. The van der Waals surface area contributed by atoms with Crippen molar-refractivity contribution in [2.24, 2.45) is 0 Å². The Morgan fingerprint density at radius 2 is 1.88 bits per heavy atom. The lowest BCUT2D eigenvalue weighted by molar-refractivity contribution is 0.0992. The van der Waals surface area contributed by atoms with Crippen molar-refractivity contribution in [1.82, 2.24) is 15.2 Å². The van der Waals surface area contributed by atoms with Crippen molar-refractivity contribution in [1.29, 1.82) is 5.26 Å². The largest absolute Gasteiger partial charge is 0.312 e. The number of pyridine rings is 1. The highest BCUT2D eigenvalue weighted by atomic mass is 16.2. The number of aromatic nitrogens is 1. The van der Waals surface area contributed by atoms with Crippen molar-refractivity contribution in [2.45, 2.75) is 26.4 Å². The van der Waals surface area contributed by atoms with Gasteiger partial charge in [0, 0.05) is 50.5 Å². The van der Waals surface area contributed by atoms with Gasteiger partial charge in [-0.2, -0.15) is 5.26 Å². The summed E-state index contributed by atoms with van der Waals surface area (Å²) in [5.74, 6) is -0.0879. The summed E-state index contributed by atoms with van der Waals surface area (Å²) < 4.78 is 0. The molecule has 1 N–H and O–H groups in total. The first kappa shape index (κ1) is 22.7. The Labute approximate surface area is 195 Å². The van der Waals surface area contributed by atoms with Gasteiger partial charge in [-0.3, -0.25) is 14.7 Å². The third-order valence-corrected chi connectivity index (χ3v) is 6.11. The average molecular weight is 440 g/mol. The van der Waals surface area contributed by atoms with Crippen molar-refractivity contribution < 1.29 is 4.79 Å². The van der Waals surface area contributed by atoms with E-state index in [4.69, 9.17) is 5.26 Å². The molecule has 0 radical (unpaired) electrons. The van der Waals surface area contributed by atoms with Gasteiger partial charge in [0.15, 0.2) is 0 Å². The highest BCUT2D eigenvalue weighted by Gasteiger charge is 2.18. The summed E-state index contributed by atoms with van der Waals surface area (Å²) in [4.78, 5) is 21.9. The third kappa shape index (κ3) is 5.28. The van der Waals surface area contributed by atoms with Gasteiger partial charge in [0.1, 0.15) is 0 Å². The van der Waals surface area contributed by atoms with Crippen LogP contribution in [-0.4, -0.2) is 48.5 Å². The molecular weight excluding hydrogens is 410 g/mol. The summed E-state index contributed by atoms with van der Waals surface area (Å²) in [5.41, 5.74) is 5.66. The van der Waals surface area contributed by atoms with Gasteiger partial charge in [0.25, 0.3) is 5.91 Å². The smallest absolute Gasteiger partial charge is 0.259 e. The number of benzene rings is 2. The fourth-order valence-electron chi connectivity index (χ4n) is 4.20. The molecule has 0 bridgehead atoms. The number of carbonyl (C=O) groups excluding carboxylic acids is 1. The Balaban J connectivity index is 1.45. The van der Waals surface area contributed by atoms with Gasteiger partial charge in [-0.25, -0.2) is 0 Å². The quantitative estimate of drug-likeness (QED) is 0.651. The number of carbonyl (C=O) groups is 1. The number of hydrogen-bond acceptors (Lipinski definition) is 5. The molecule has 33 heavy (non-hydrogen) atoms. The predicted molar refractivity (Wildman–Crippen MR) is 131 cm³/mol. The Bertz CT molecular complexity index is 1160. The van der Waals surface area contributed by atoms with Crippen molar-refractivity contribution in [3.05, 3.63) is 83.0 Å². The average Bonchev–Trinajstić information content (AvgIpc) is 2.84. The Morgan fingerprint density at radius 1 is 1.15 bits per heavy atom. The standard InChI is InChI=1S/C27H29N5O/c1-19-17-32(15-14-29-19)18-22-6-10-24(11-7-22)31(3)27(33)25-12-13-26(30-20(25)2)23-8-4-21(16-28)5-9-23/h4-13,19,29H,14-15,17-18H2,1-3H3/t19-/m0/s1. The van der Waals surface area contributed by atoms with Crippen LogP contribution in [0.3, 0.4) is 0 Å². The highest BCUT2D eigenvalue weighted by molar-refractivity contribution is 6.06. The Hall–Kier alpha value is -3.53. The number of nitriles is 1. The van der Waals surface area contributed by atoms with Gasteiger partial charge in [0.2, 0.25) is 0 Å². The van der Waals surface area contributed by atoms with Gasteiger partial charge < -0.3 is 10.2 Å². The summed E-state index contributed by atoms with van der Waals surface area (Å²) in [6.07, 6.45) is 0. The number of aryl methyl sites for hydroxylation is 1. The van der Waals surface area contributed by atoms with E-state index in [1.54, 1.807) is 24.1 Å². The van der Waals surface area contributed by atoms with E-state index in [2.05, 4.69) is 40.3 Å². The van der Waals surface area contributed by atoms with Crippen LogP contribution in [0.4, 0.5) is 5.69 Å². The van der Waals surface area contributed by atoms with E-state index in [9.17, 15) is 4.79 Å². The molecule has 6 nitrogen and oxygen atoms in total. The van der Waals surface area contributed by atoms with Crippen LogP contribution >= 0.6 is 0 Å². The second-order valence-electron chi connectivity index (χ2n) is 8.64. The van der Waals surface area contributed by atoms with E-state index < -0.39 is 0 Å². The summed E-state index contributed by atoms with van der Waals surface area (Å²) in [6, 6.07) is 21.8. The minimum atomic E-state index is -0.0879. The first-order valence-corrected chi connectivity index (χ1v) is 11.3. The Morgan fingerprint density at radius 3 is 2.52 bits per heavy atom. The number of amides is 1. The molecule has 2 aromatic carbocycles. The molecule has 0 aliphatic carbocycles. The third-order valence-electron chi connectivity index (χ3n) is 6.11. The monoisotopic (exact) mass is 439 g/mol. The van der Waals surface area contributed by atoms with E-state index in [1.165, 1.54) is 5.56 Å². The molecule has 2 heterocycles. The first-order chi connectivity index (χ1) is 15.9. The van der Waals surface area contributed by atoms with Gasteiger partial charge in [-0.15, -0.1) is 0 Å². The van der Waals surface area contributed by atoms with E-state index in [1.807, 2.05) is 43.3 Å². The normalized spacial score (nSPS) is 16.2. The lowest BCUT2D eigenvalue weighted by Crippen LogP contribution is -2.48. The zero-order valence-electron chi connectivity index (χ0n) is 19.4. The minimum Gasteiger partial charge on any atom is -0.312 e. The van der Waals surface area contributed by atoms with Crippen LogP contribution in [0.1, 0.15) is 34.1 Å². The zero-order valence-corrected chi connectivity index (χ0v) is 19.4. The number of rotatable bonds is 5. The van der Waals surface area contributed by atoms with Crippen molar-refractivity contribution >= 4 is 11.6 Å². The van der Waals surface area contributed by atoms with E-state index in [0.29, 0.717) is 22.9 Å². The zero-order chi connectivity index (χ0) is 23.4. The van der Waals surface area contributed by atoms with Gasteiger partial charge >= 0.3 is 0 Å². The lowest BCUT2D eigenvalue weighted by atomic mass is 10.1. The molecule has 1 atom stereocenters. The summed E-state index contributed by atoms with van der Waals surface area (Å²) in [5, 5.41) is 12.4. The second kappa shape index (κ2) is 9.95. The molecule has 0 unspecified atom stereocenters. The number of nitrogens with one attached hydrogen (secondary N) is 1. The molecule has 1 aliphatic heterocycles. The number of anilines is 1. The second-order valence-corrected chi connectivity index (χ2v) is 8.64. The molecule has 0 spiro atoms. The molecule has 3 aromatic rings. The summed E-state index contributed by atoms with van der Waals surface area (Å²) >= 11 is 0. The van der Waals surface area contributed by atoms with Crippen LogP contribution in [0.5, 0.6) is 0 Å². The van der Waals surface area contributed by atoms with Crippen LogP contribution in [-0.2, 0) is 6.54 Å². The van der Waals surface area contributed by atoms with Gasteiger partial charge in [0.05, 0.1) is 28.6 Å². The lowest BCUT2D eigenvalue weighted by Gasteiger charge is -2.31. The molecule has 4 rings (SSSR count).